The number of halogens is 2. The molecular weight excluding hydrogens is 209 g/mol. The standard InChI is InChI=1S/C9H14FNO2.ClH/c1-13-8(12)9(10)5-11-4-7(9)6-2-3-6;/h6-7,11H,2-5H2,1H3;1H. The van der Waals surface area contributed by atoms with Gasteiger partial charge in [-0.25, -0.2) is 9.18 Å². The summed E-state index contributed by atoms with van der Waals surface area (Å²) in [6.45, 7) is 0.719. The number of ether oxygens (including phenoxy) is 1. The molecule has 0 amide bonds. The molecule has 2 fully saturated rings. The summed E-state index contributed by atoms with van der Waals surface area (Å²) in [6.07, 6.45) is 2.10. The maximum atomic E-state index is 14.1. The van der Waals surface area contributed by atoms with Gasteiger partial charge in [0.05, 0.1) is 7.11 Å². The Hall–Kier alpha value is -0.350. The molecule has 1 saturated heterocycles. The van der Waals surface area contributed by atoms with Gasteiger partial charge in [0, 0.05) is 19.0 Å². The average molecular weight is 224 g/mol. The molecule has 1 aliphatic heterocycles. The monoisotopic (exact) mass is 223 g/mol. The van der Waals surface area contributed by atoms with Crippen molar-refractivity contribution in [2.24, 2.45) is 11.8 Å². The highest BCUT2D eigenvalue weighted by Gasteiger charge is 2.56. The third-order valence-electron chi connectivity index (χ3n) is 3.05. The van der Waals surface area contributed by atoms with Gasteiger partial charge in [0.15, 0.2) is 0 Å². The van der Waals surface area contributed by atoms with E-state index in [1.165, 1.54) is 7.11 Å². The van der Waals surface area contributed by atoms with Crippen molar-refractivity contribution in [3.63, 3.8) is 0 Å². The molecule has 0 radical (unpaired) electrons. The molecule has 2 rings (SSSR count). The molecule has 0 bridgehead atoms. The van der Waals surface area contributed by atoms with Gasteiger partial charge < -0.3 is 10.1 Å². The molecule has 1 saturated carbocycles. The average Bonchev–Trinajstić information content (AvgIpc) is 2.89. The number of carbonyl (C=O) groups excluding carboxylic acids is 1. The summed E-state index contributed by atoms with van der Waals surface area (Å²) >= 11 is 0. The number of esters is 1. The molecule has 0 aromatic carbocycles. The van der Waals surface area contributed by atoms with Gasteiger partial charge in [-0.15, -0.1) is 12.4 Å². The highest BCUT2D eigenvalue weighted by molar-refractivity contribution is 5.85. The summed E-state index contributed by atoms with van der Waals surface area (Å²) < 4.78 is 18.6. The predicted molar refractivity (Wildman–Crippen MR) is 52.2 cm³/mol. The largest absolute Gasteiger partial charge is 0.467 e. The van der Waals surface area contributed by atoms with Gasteiger partial charge in [0.25, 0.3) is 0 Å². The van der Waals surface area contributed by atoms with E-state index in [1.54, 1.807) is 0 Å². The number of hydrogen-bond donors (Lipinski definition) is 1. The minimum Gasteiger partial charge on any atom is -0.467 e. The number of nitrogens with one attached hydrogen (secondary N) is 1. The van der Waals surface area contributed by atoms with Gasteiger partial charge in [-0.2, -0.15) is 0 Å². The predicted octanol–water partition coefficient (Wildman–Crippen LogP) is 0.919. The van der Waals surface area contributed by atoms with Crippen LogP contribution in [0.5, 0.6) is 0 Å². The van der Waals surface area contributed by atoms with Crippen molar-refractivity contribution in [3.8, 4) is 0 Å². The van der Waals surface area contributed by atoms with Crippen LogP contribution in [0.4, 0.5) is 4.39 Å². The van der Waals surface area contributed by atoms with Crippen LogP contribution in [0, 0.1) is 11.8 Å². The van der Waals surface area contributed by atoms with Crippen molar-refractivity contribution >= 4 is 18.4 Å². The second-order valence-corrected chi connectivity index (χ2v) is 3.93. The van der Waals surface area contributed by atoms with Gasteiger partial charge in [-0.1, -0.05) is 0 Å². The van der Waals surface area contributed by atoms with Crippen LogP contribution in [0.25, 0.3) is 0 Å². The van der Waals surface area contributed by atoms with E-state index in [4.69, 9.17) is 0 Å². The fraction of sp³-hybridized carbons (Fsp3) is 0.889. The van der Waals surface area contributed by atoms with Crippen LogP contribution in [0.3, 0.4) is 0 Å². The van der Waals surface area contributed by atoms with Crippen molar-refractivity contribution in [2.45, 2.75) is 18.5 Å². The summed E-state index contributed by atoms with van der Waals surface area (Å²) in [7, 11) is 1.24. The van der Waals surface area contributed by atoms with Gasteiger partial charge in [0.2, 0.25) is 5.67 Å². The van der Waals surface area contributed by atoms with Crippen LogP contribution in [0.2, 0.25) is 0 Å². The van der Waals surface area contributed by atoms with Gasteiger partial charge in [-0.05, 0) is 18.8 Å². The molecule has 1 aliphatic carbocycles. The lowest BCUT2D eigenvalue weighted by Crippen LogP contribution is -2.43. The SMILES string of the molecule is COC(=O)C1(F)CNCC1C1CC1.Cl. The molecular formula is C9H15ClFNO2. The molecule has 0 spiro atoms. The highest BCUT2D eigenvalue weighted by Crippen LogP contribution is 2.45. The summed E-state index contributed by atoms with van der Waals surface area (Å²) in [4.78, 5) is 11.2. The Morgan fingerprint density at radius 2 is 2.21 bits per heavy atom. The van der Waals surface area contributed by atoms with Crippen molar-refractivity contribution < 1.29 is 13.9 Å². The van der Waals surface area contributed by atoms with Crippen LogP contribution < -0.4 is 5.32 Å². The van der Waals surface area contributed by atoms with E-state index in [1.807, 2.05) is 0 Å². The molecule has 5 heteroatoms. The lowest BCUT2D eigenvalue weighted by Gasteiger charge is -2.22. The van der Waals surface area contributed by atoms with Gasteiger partial charge in [-0.3, -0.25) is 0 Å². The molecule has 1 N–H and O–H groups in total. The second kappa shape index (κ2) is 4.03. The summed E-state index contributed by atoms with van der Waals surface area (Å²) in [5.41, 5.74) is -1.77. The lowest BCUT2D eigenvalue weighted by molar-refractivity contribution is -0.156. The van der Waals surface area contributed by atoms with E-state index >= 15 is 0 Å². The van der Waals surface area contributed by atoms with Crippen molar-refractivity contribution in [1.29, 1.82) is 0 Å². The summed E-state index contributed by atoms with van der Waals surface area (Å²) in [5, 5.41) is 2.92. The zero-order chi connectivity index (χ0) is 9.47. The molecule has 1 heterocycles. The Morgan fingerprint density at radius 1 is 1.57 bits per heavy atom. The molecule has 0 aromatic heterocycles. The van der Waals surface area contributed by atoms with E-state index in [-0.39, 0.29) is 24.9 Å². The fourth-order valence-electron chi connectivity index (χ4n) is 2.13. The summed E-state index contributed by atoms with van der Waals surface area (Å²) in [6, 6.07) is 0. The normalized spacial score (nSPS) is 36.3. The van der Waals surface area contributed by atoms with Crippen LogP contribution in [0.15, 0.2) is 0 Å². The minimum atomic E-state index is -1.77. The topological polar surface area (TPSA) is 38.3 Å². The third-order valence-corrected chi connectivity index (χ3v) is 3.05. The smallest absolute Gasteiger partial charge is 0.345 e. The van der Waals surface area contributed by atoms with E-state index in [0.29, 0.717) is 12.5 Å². The Kier molecular flexibility index (Phi) is 3.37. The van der Waals surface area contributed by atoms with Crippen molar-refractivity contribution in [1.82, 2.24) is 5.32 Å². The first-order chi connectivity index (χ1) is 6.18. The minimum absolute atomic E-state index is 0. The fourth-order valence-corrected chi connectivity index (χ4v) is 2.13. The van der Waals surface area contributed by atoms with Crippen LogP contribution in [-0.4, -0.2) is 31.8 Å². The zero-order valence-electron chi connectivity index (χ0n) is 8.09. The highest BCUT2D eigenvalue weighted by atomic mass is 35.5. The second-order valence-electron chi connectivity index (χ2n) is 3.93. The third kappa shape index (κ3) is 1.73. The number of rotatable bonds is 2. The quantitative estimate of drug-likeness (QED) is 0.708. The summed E-state index contributed by atoms with van der Waals surface area (Å²) in [5.74, 6) is -0.492. The van der Waals surface area contributed by atoms with Crippen LogP contribution in [-0.2, 0) is 9.53 Å². The number of alkyl halides is 1. The number of methoxy groups -OCH3 is 1. The first kappa shape index (κ1) is 11.7. The van der Waals surface area contributed by atoms with E-state index in [2.05, 4.69) is 10.1 Å². The molecule has 82 valence electrons. The zero-order valence-corrected chi connectivity index (χ0v) is 8.90. The van der Waals surface area contributed by atoms with E-state index in [9.17, 15) is 9.18 Å². The Labute approximate surface area is 88.8 Å². The number of hydrogen-bond acceptors (Lipinski definition) is 3. The molecule has 3 nitrogen and oxygen atoms in total. The molecule has 2 unspecified atom stereocenters. The van der Waals surface area contributed by atoms with E-state index < -0.39 is 11.6 Å². The Balaban J connectivity index is 0.000000980. The molecule has 2 atom stereocenters. The van der Waals surface area contributed by atoms with E-state index in [0.717, 1.165) is 12.8 Å². The maximum absolute atomic E-state index is 14.1. The van der Waals surface area contributed by atoms with Gasteiger partial charge >= 0.3 is 5.97 Å². The molecule has 14 heavy (non-hydrogen) atoms. The van der Waals surface area contributed by atoms with Gasteiger partial charge in [0.1, 0.15) is 0 Å². The van der Waals surface area contributed by atoms with Crippen molar-refractivity contribution in [3.05, 3.63) is 0 Å². The van der Waals surface area contributed by atoms with Crippen LogP contribution in [0.1, 0.15) is 12.8 Å². The Morgan fingerprint density at radius 3 is 2.71 bits per heavy atom. The molecule has 0 aromatic rings. The maximum Gasteiger partial charge on any atom is 0.345 e. The van der Waals surface area contributed by atoms with Crippen molar-refractivity contribution in [2.75, 3.05) is 20.2 Å². The lowest BCUT2D eigenvalue weighted by atomic mass is 9.88. The first-order valence-corrected chi connectivity index (χ1v) is 4.66. The first-order valence-electron chi connectivity index (χ1n) is 4.66. The molecule has 2 aliphatic rings. The number of carbonyl (C=O) groups is 1. The van der Waals surface area contributed by atoms with Crippen LogP contribution >= 0.6 is 12.4 Å². The Bertz CT molecular complexity index is 235.